The van der Waals surface area contributed by atoms with Gasteiger partial charge in [0.15, 0.2) is 5.96 Å². The number of amides is 3. The number of nitrogens with one attached hydrogen (secondary N) is 3. The molecule has 2 aromatic rings. The van der Waals surface area contributed by atoms with Crippen molar-refractivity contribution in [2.24, 2.45) is 16.5 Å². The molecule has 2 atom stereocenters. The molecule has 17 nitrogen and oxygen atoms in total. The Morgan fingerprint density at radius 1 is 0.672 bits per heavy atom. The molecule has 3 rings (SSSR count). The highest BCUT2D eigenvalue weighted by Crippen LogP contribution is 2.20. The Morgan fingerprint density at radius 3 is 1.72 bits per heavy atom. The Kier molecular flexibility index (Phi) is 21.2. The van der Waals surface area contributed by atoms with Crippen molar-refractivity contribution in [1.29, 1.82) is 0 Å². The lowest BCUT2D eigenvalue weighted by Gasteiger charge is -2.33. The molecule has 0 bridgehead atoms. The van der Waals surface area contributed by atoms with E-state index in [1.54, 1.807) is 4.90 Å². The minimum absolute atomic E-state index is 0.0558. The first kappa shape index (κ1) is 47.3. The van der Waals surface area contributed by atoms with Crippen molar-refractivity contribution in [3.05, 3.63) is 60.2 Å². The van der Waals surface area contributed by atoms with E-state index in [1.165, 1.54) is 0 Å². The summed E-state index contributed by atoms with van der Waals surface area (Å²) in [6.45, 7) is 8.66. The fraction of sp³-hybridized carbons (Fsp3) is 0.561. The maximum Gasteiger partial charge on any atom is 0.317 e. The molecule has 2 aromatic carbocycles. The second-order valence-corrected chi connectivity index (χ2v) is 14.6. The Balaban J connectivity index is 1.83. The van der Waals surface area contributed by atoms with Crippen molar-refractivity contribution in [3.63, 3.8) is 0 Å². The first-order valence-corrected chi connectivity index (χ1v) is 20.3. The van der Waals surface area contributed by atoms with Crippen LogP contribution in [0.25, 0.3) is 11.1 Å². The topological polar surface area (TPSA) is 239 Å². The molecule has 1 saturated heterocycles. The summed E-state index contributed by atoms with van der Waals surface area (Å²) in [5, 5.41) is 27.8. The number of hydrogen-bond acceptors (Lipinski definition) is 10. The third kappa shape index (κ3) is 18.4. The van der Waals surface area contributed by atoms with Crippen LogP contribution in [-0.2, 0) is 30.4 Å². The lowest BCUT2D eigenvalue weighted by atomic mass is 10.00. The van der Waals surface area contributed by atoms with Gasteiger partial charge in [0.2, 0.25) is 17.7 Å². The van der Waals surface area contributed by atoms with Gasteiger partial charge >= 0.3 is 11.9 Å². The molecule has 9 N–H and O–H groups in total. The van der Waals surface area contributed by atoms with E-state index in [4.69, 9.17) is 11.5 Å². The van der Waals surface area contributed by atoms with Crippen molar-refractivity contribution in [3.8, 4) is 11.1 Å². The largest absolute Gasteiger partial charge is 0.480 e. The maximum absolute atomic E-state index is 14.1. The van der Waals surface area contributed by atoms with Gasteiger partial charge in [0.1, 0.15) is 12.1 Å². The van der Waals surface area contributed by atoms with Gasteiger partial charge in [-0.05, 0) is 42.5 Å². The first-order chi connectivity index (χ1) is 27.9. The number of carbonyl (C=O) groups is 5. The molecule has 1 aliphatic heterocycles. The van der Waals surface area contributed by atoms with Crippen LogP contribution < -0.4 is 27.4 Å². The van der Waals surface area contributed by atoms with E-state index in [0.717, 1.165) is 36.1 Å². The number of hydrogen-bond donors (Lipinski definition) is 7. The second-order valence-electron chi connectivity index (χ2n) is 14.6. The van der Waals surface area contributed by atoms with Crippen LogP contribution >= 0.6 is 0 Å². The van der Waals surface area contributed by atoms with Gasteiger partial charge in [-0.25, -0.2) is 0 Å². The minimum atomic E-state index is -1.03. The van der Waals surface area contributed by atoms with Crippen LogP contribution in [0.1, 0.15) is 45.1 Å². The predicted octanol–water partition coefficient (Wildman–Crippen LogP) is 0.246. The zero-order valence-corrected chi connectivity index (χ0v) is 34.1. The highest BCUT2D eigenvalue weighted by atomic mass is 16.4. The summed E-state index contributed by atoms with van der Waals surface area (Å²) >= 11 is 0. The normalized spacial score (nSPS) is 16.2. The Morgan fingerprint density at radius 2 is 1.21 bits per heavy atom. The Labute approximate surface area is 342 Å². The number of aliphatic imine (C=N–C) groups is 1. The van der Waals surface area contributed by atoms with Crippen LogP contribution in [0.5, 0.6) is 0 Å². The molecule has 0 aliphatic carbocycles. The van der Waals surface area contributed by atoms with E-state index < -0.39 is 35.8 Å². The molecule has 17 heteroatoms. The number of carboxylic acids is 2. The molecule has 1 unspecified atom stereocenters. The third-order valence-electron chi connectivity index (χ3n) is 10.0. The zero-order chi connectivity index (χ0) is 42.3. The number of unbranched alkanes of at least 4 members (excludes halogenated alkanes) is 1. The Hall–Kier alpha value is -5.10. The average Bonchev–Trinajstić information content (AvgIpc) is 3.19. The third-order valence-corrected chi connectivity index (χ3v) is 10.0. The summed E-state index contributed by atoms with van der Waals surface area (Å²) in [7, 11) is 0. The summed E-state index contributed by atoms with van der Waals surface area (Å²) in [6, 6.07) is 15.8. The molecule has 3 amide bonds. The molecule has 0 aromatic heterocycles. The van der Waals surface area contributed by atoms with Gasteiger partial charge in [-0.2, -0.15) is 0 Å². The van der Waals surface area contributed by atoms with E-state index >= 15 is 0 Å². The highest BCUT2D eigenvalue weighted by Gasteiger charge is 2.28. The number of rotatable bonds is 21. The van der Waals surface area contributed by atoms with Gasteiger partial charge in [0.05, 0.1) is 19.6 Å². The van der Waals surface area contributed by atoms with Crippen LogP contribution in [0.3, 0.4) is 0 Å². The van der Waals surface area contributed by atoms with Crippen molar-refractivity contribution in [1.82, 2.24) is 35.6 Å². The van der Waals surface area contributed by atoms with Gasteiger partial charge < -0.3 is 42.5 Å². The van der Waals surface area contributed by atoms with E-state index in [1.807, 2.05) is 78.2 Å². The van der Waals surface area contributed by atoms with Crippen LogP contribution in [-0.4, -0.2) is 169 Å². The van der Waals surface area contributed by atoms with Gasteiger partial charge in [-0.15, -0.1) is 0 Å². The van der Waals surface area contributed by atoms with Crippen LogP contribution in [0.2, 0.25) is 0 Å². The molecular weight excluding hydrogens is 745 g/mol. The molecule has 1 heterocycles. The van der Waals surface area contributed by atoms with E-state index in [0.29, 0.717) is 65.3 Å². The standard InChI is InChI=1S/C41H64N10O7/c1-3-5-17-44-39(57)34(12-9-18-45-41(42)43)47-40(58)35(27-31-13-15-33(16-14-31)32-10-7-6-8-11-32)46-36(52)28-49-21-19-48(4-2)20-22-50(29-37(53)54)25-26-51(24-23-49)30-38(55)56/h6-8,10-11,13-16,34-35H,3-5,9,12,17-30H2,1-2H3,(H,44,57)(H,46,52)(H,47,58)(H,53,54)(H,55,56)(H4,42,43,45)/t34?,35-/m1/s1. The number of benzene rings is 2. The Bertz CT molecular complexity index is 1610. The van der Waals surface area contributed by atoms with Gasteiger partial charge in [0.25, 0.3) is 0 Å². The highest BCUT2D eigenvalue weighted by molar-refractivity contribution is 5.92. The molecule has 1 fully saturated rings. The smallest absolute Gasteiger partial charge is 0.317 e. The molecule has 320 valence electrons. The number of carbonyl (C=O) groups excluding carboxylic acids is 3. The number of guanidine groups is 1. The molecular formula is C41H64N10O7. The SMILES string of the molecule is CCCCNC(=O)C(CCCN=C(N)N)NC(=O)[C@@H](Cc1ccc(-c2ccccc2)cc1)NC(=O)CN1CCN(CC)CCN(CC(=O)O)CCN(CC(=O)O)CC1. The number of aliphatic carboxylic acids is 2. The van der Waals surface area contributed by atoms with Crippen molar-refractivity contribution in [2.75, 3.05) is 91.6 Å². The molecule has 58 heavy (non-hydrogen) atoms. The van der Waals surface area contributed by atoms with Gasteiger partial charge in [-0.1, -0.05) is 74.9 Å². The number of nitrogens with zero attached hydrogens (tertiary/aromatic N) is 5. The summed E-state index contributed by atoms with van der Waals surface area (Å²) in [6.07, 6.45) is 2.53. The van der Waals surface area contributed by atoms with E-state index in [2.05, 4.69) is 25.8 Å². The van der Waals surface area contributed by atoms with Gasteiger partial charge in [-0.3, -0.25) is 43.7 Å². The van der Waals surface area contributed by atoms with Crippen molar-refractivity contribution in [2.45, 2.75) is 58.0 Å². The second kappa shape index (κ2) is 26.0. The maximum atomic E-state index is 14.1. The zero-order valence-electron chi connectivity index (χ0n) is 34.1. The summed E-state index contributed by atoms with van der Waals surface area (Å²) < 4.78 is 0. The van der Waals surface area contributed by atoms with Gasteiger partial charge in [0, 0.05) is 71.9 Å². The van der Waals surface area contributed by atoms with Crippen LogP contribution in [0.4, 0.5) is 0 Å². The monoisotopic (exact) mass is 808 g/mol. The lowest BCUT2D eigenvalue weighted by molar-refractivity contribution is -0.140. The average molecular weight is 809 g/mol. The fourth-order valence-electron chi connectivity index (χ4n) is 6.66. The van der Waals surface area contributed by atoms with Crippen molar-refractivity contribution < 1.29 is 34.2 Å². The number of nitrogens with two attached hydrogens (primary N) is 2. The fourth-order valence-corrected chi connectivity index (χ4v) is 6.66. The van der Waals surface area contributed by atoms with Crippen molar-refractivity contribution >= 4 is 35.6 Å². The van der Waals surface area contributed by atoms with Crippen LogP contribution in [0, 0.1) is 0 Å². The lowest BCUT2D eigenvalue weighted by Crippen LogP contribution is -2.56. The molecule has 0 saturated carbocycles. The van der Waals surface area contributed by atoms with E-state index in [9.17, 15) is 34.2 Å². The number of carboxylic acid groups (broad SMARTS) is 2. The summed E-state index contributed by atoms with van der Waals surface area (Å²) in [5.74, 6) is -3.25. The summed E-state index contributed by atoms with van der Waals surface area (Å²) in [4.78, 5) is 76.3. The number of likely N-dealkylation sites (N-methyl/N-ethyl adjacent to an activating group) is 1. The summed E-state index contributed by atoms with van der Waals surface area (Å²) in [5.41, 5.74) is 13.8. The quantitative estimate of drug-likeness (QED) is 0.0509. The van der Waals surface area contributed by atoms with E-state index in [-0.39, 0.29) is 50.9 Å². The molecule has 0 radical (unpaired) electrons. The van der Waals surface area contributed by atoms with Crippen LogP contribution in [0.15, 0.2) is 59.6 Å². The predicted molar refractivity (Wildman–Crippen MR) is 224 cm³/mol. The first-order valence-electron chi connectivity index (χ1n) is 20.3. The molecule has 1 aliphatic rings. The minimum Gasteiger partial charge on any atom is -0.480 e. The molecule has 0 spiro atoms.